The van der Waals surface area contributed by atoms with Gasteiger partial charge in [-0.2, -0.15) is 0 Å². The van der Waals surface area contributed by atoms with Crippen LogP contribution in [0.5, 0.6) is 0 Å². The fraction of sp³-hybridized carbons (Fsp3) is 0.350. The summed E-state index contributed by atoms with van der Waals surface area (Å²) in [5, 5.41) is 0. The van der Waals surface area contributed by atoms with Crippen molar-refractivity contribution in [1.29, 1.82) is 0 Å². The van der Waals surface area contributed by atoms with E-state index in [0.29, 0.717) is 38.1 Å². The van der Waals surface area contributed by atoms with Crippen molar-refractivity contribution < 1.29 is 13.9 Å². The molecular weight excluding hydrogens is 305 g/mol. The van der Waals surface area contributed by atoms with E-state index in [-0.39, 0.29) is 17.8 Å². The van der Waals surface area contributed by atoms with Gasteiger partial charge < -0.3 is 9.64 Å². The second-order valence-corrected chi connectivity index (χ2v) is 6.11. The molecule has 2 aromatic rings. The van der Waals surface area contributed by atoms with Crippen LogP contribution in [0.25, 0.3) is 0 Å². The summed E-state index contributed by atoms with van der Waals surface area (Å²) in [6.45, 7) is 1.77. The molecular formula is C20H22FNO2. The molecule has 0 saturated carbocycles. The van der Waals surface area contributed by atoms with E-state index in [1.54, 1.807) is 18.2 Å². The molecule has 0 N–H and O–H groups in total. The van der Waals surface area contributed by atoms with Gasteiger partial charge in [0.1, 0.15) is 5.82 Å². The van der Waals surface area contributed by atoms with Gasteiger partial charge in [-0.1, -0.05) is 48.5 Å². The first kappa shape index (κ1) is 16.7. The van der Waals surface area contributed by atoms with E-state index in [4.69, 9.17) is 4.74 Å². The highest BCUT2D eigenvalue weighted by molar-refractivity contribution is 5.76. The van der Waals surface area contributed by atoms with Gasteiger partial charge in [-0.3, -0.25) is 4.79 Å². The Morgan fingerprint density at radius 2 is 1.88 bits per heavy atom. The average molecular weight is 327 g/mol. The van der Waals surface area contributed by atoms with E-state index >= 15 is 0 Å². The van der Waals surface area contributed by atoms with Crippen molar-refractivity contribution in [2.45, 2.75) is 25.4 Å². The Kier molecular flexibility index (Phi) is 5.59. The number of nitrogens with zero attached hydrogens (tertiary/aromatic N) is 1. The van der Waals surface area contributed by atoms with E-state index in [9.17, 15) is 9.18 Å². The van der Waals surface area contributed by atoms with Crippen molar-refractivity contribution >= 4 is 5.91 Å². The van der Waals surface area contributed by atoms with Gasteiger partial charge in [0.15, 0.2) is 0 Å². The lowest BCUT2D eigenvalue weighted by Crippen LogP contribution is -2.46. The summed E-state index contributed by atoms with van der Waals surface area (Å²) in [5.41, 5.74) is 1.81. The molecule has 0 aromatic heterocycles. The summed E-state index contributed by atoms with van der Waals surface area (Å²) in [5.74, 6) is -0.172. The summed E-state index contributed by atoms with van der Waals surface area (Å²) in [6.07, 6.45) is 1.60. The summed E-state index contributed by atoms with van der Waals surface area (Å²) < 4.78 is 19.4. The Labute approximate surface area is 142 Å². The number of hydrogen-bond acceptors (Lipinski definition) is 2. The van der Waals surface area contributed by atoms with Crippen molar-refractivity contribution in [3.8, 4) is 0 Å². The number of carbonyl (C=O) groups excluding carboxylic acids is 1. The second kappa shape index (κ2) is 8.06. The third-order valence-corrected chi connectivity index (χ3v) is 4.36. The Morgan fingerprint density at radius 1 is 1.12 bits per heavy atom. The number of hydrogen-bond donors (Lipinski definition) is 0. The highest BCUT2D eigenvalue weighted by Gasteiger charge is 2.24. The molecule has 24 heavy (non-hydrogen) atoms. The highest BCUT2D eigenvalue weighted by Crippen LogP contribution is 2.14. The van der Waals surface area contributed by atoms with Crippen molar-refractivity contribution in [2.24, 2.45) is 0 Å². The number of aryl methyl sites for hydroxylation is 1. The number of halogens is 1. The Balaban J connectivity index is 1.52. The molecule has 126 valence electrons. The lowest BCUT2D eigenvalue weighted by molar-refractivity contribution is -0.138. The molecule has 0 bridgehead atoms. The van der Waals surface area contributed by atoms with Crippen molar-refractivity contribution in [3.05, 3.63) is 71.5 Å². The maximum atomic E-state index is 13.6. The van der Waals surface area contributed by atoms with E-state index in [2.05, 4.69) is 12.1 Å². The van der Waals surface area contributed by atoms with Gasteiger partial charge in [0.05, 0.1) is 12.7 Å². The lowest BCUT2D eigenvalue weighted by atomic mass is 10.1. The van der Waals surface area contributed by atoms with Crippen LogP contribution < -0.4 is 0 Å². The van der Waals surface area contributed by atoms with Crippen LogP contribution in [0.3, 0.4) is 0 Å². The van der Waals surface area contributed by atoms with Crippen LogP contribution in [0.4, 0.5) is 4.39 Å². The van der Waals surface area contributed by atoms with E-state index in [1.165, 1.54) is 11.6 Å². The smallest absolute Gasteiger partial charge is 0.223 e. The first-order chi connectivity index (χ1) is 11.7. The maximum absolute atomic E-state index is 13.6. The molecule has 3 rings (SSSR count). The van der Waals surface area contributed by atoms with Gasteiger partial charge in [-0.05, 0) is 23.6 Å². The predicted octanol–water partition coefficient (Wildman–Crippen LogP) is 3.23. The third kappa shape index (κ3) is 4.42. The quantitative estimate of drug-likeness (QED) is 0.844. The molecule has 0 radical (unpaired) electrons. The van der Waals surface area contributed by atoms with Gasteiger partial charge in [0.25, 0.3) is 0 Å². The van der Waals surface area contributed by atoms with Crippen molar-refractivity contribution in [3.63, 3.8) is 0 Å². The molecule has 0 unspecified atom stereocenters. The zero-order valence-electron chi connectivity index (χ0n) is 13.7. The molecule has 0 aliphatic carbocycles. The third-order valence-electron chi connectivity index (χ3n) is 4.36. The minimum Gasteiger partial charge on any atom is -0.374 e. The largest absolute Gasteiger partial charge is 0.374 e. The van der Waals surface area contributed by atoms with Crippen LogP contribution in [-0.4, -0.2) is 36.6 Å². The molecule has 1 fully saturated rings. The molecule has 1 atom stereocenters. The van der Waals surface area contributed by atoms with Crippen molar-refractivity contribution in [2.75, 3.05) is 19.7 Å². The number of morpholine rings is 1. The van der Waals surface area contributed by atoms with Crippen LogP contribution in [0.2, 0.25) is 0 Å². The lowest BCUT2D eigenvalue weighted by Gasteiger charge is -2.33. The molecule has 3 nitrogen and oxygen atoms in total. The number of ether oxygens (including phenoxy) is 1. The topological polar surface area (TPSA) is 29.5 Å². The van der Waals surface area contributed by atoms with E-state index in [0.717, 1.165) is 6.42 Å². The van der Waals surface area contributed by atoms with Gasteiger partial charge in [0, 0.05) is 25.9 Å². The zero-order valence-corrected chi connectivity index (χ0v) is 13.7. The van der Waals surface area contributed by atoms with E-state index < -0.39 is 0 Å². The monoisotopic (exact) mass is 327 g/mol. The summed E-state index contributed by atoms with van der Waals surface area (Å²) >= 11 is 0. The zero-order chi connectivity index (χ0) is 16.8. The molecule has 4 heteroatoms. The summed E-state index contributed by atoms with van der Waals surface area (Å²) in [6, 6.07) is 16.8. The minimum atomic E-state index is -0.241. The molecule has 1 aliphatic rings. The minimum absolute atomic E-state index is 0.0264. The van der Waals surface area contributed by atoms with Gasteiger partial charge in [0.2, 0.25) is 5.91 Å². The average Bonchev–Trinajstić information content (AvgIpc) is 2.62. The van der Waals surface area contributed by atoms with E-state index in [1.807, 2.05) is 23.1 Å². The van der Waals surface area contributed by atoms with Crippen molar-refractivity contribution in [1.82, 2.24) is 4.90 Å². The normalized spacial score (nSPS) is 17.7. The van der Waals surface area contributed by atoms with Crippen LogP contribution >= 0.6 is 0 Å². The number of rotatable bonds is 5. The first-order valence-corrected chi connectivity index (χ1v) is 8.39. The Hall–Kier alpha value is -2.20. The molecule has 1 heterocycles. The van der Waals surface area contributed by atoms with Crippen LogP contribution in [0, 0.1) is 5.82 Å². The van der Waals surface area contributed by atoms with Crippen LogP contribution in [-0.2, 0) is 22.4 Å². The predicted molar refractivity (Wildman–Crippen MR) is 91.2 cm³/mol. The standard InChI is InChI=1S/C20H22FNO2/c21-19-9-5-4-8-17(19)10-11-20(23)22-12-13-24-18(15-22)14-16-6-2-1-3-7-16/h1-9,18H,10-15H2/t18-/m1/s1. The van der Waals surface area contributed by atoms with Gasteiger partial charge >= 0.3 is 0 Å². The summed E-state index contributed by atoms with van der Waals surface area (Å²) in [7, 11) is 0. The highest BCUT2D eigenvalue weighted by atomic mass is 19.1. The number of carbonyl (C=O) groups is 1. The molecule has 0 spiro atoms. The fourth-order valence-corrected chi connectivity index (χ4v) is 3.05. The molecule has 1 aliphatic heterocycles. The molecule has 1 amide bonds. The molecule has 2 aromatic carbocycles. The fourth-order valence-electron chi connectivity index (χ4n) is 3.05. The number of amides is 1. The van der Waals surface area contributed by atoms with Crippen LogP contribution in [0.15, 0.2) is 54.6 Å². The van der Waals surface area contributed by atoms with Crippen LogP contribution in [0.1, 0.15) is 17.5 Å². The van der Waals surface area contributed by atoms with Gasteiger partial charge in [-0.15, -0.1) is 0 Å². The number of benzene rings is 2. The molecule has 1 saturated heterocycles. The Bertz CT molecular complexity index is 674. The first-order valence-electron chi connectivity index (χ1n) is 8.39. The second-order valence-electron chi connectivity index (χ2n) is 6.11. The maximum Gasteiger partial charge on any atom is 0.223 e. The SMILES string of the molecule is O=C(CCc1ccccc1F)N1CCO[C@H](Cc2ccccc2)C1. The van der Waals surface area contributed by atoms with Gasteiger partial charge in [-0.25, -0.2) is 4.39 Å². The Morgan fingerprint density at radius 3 is 2.67 bits per heavy atom. The summed E-state index contributed by atoms with van der Waals surface area (Å²) in [4.78, 5) is 14.3.